The molecule has 2 atom stereocenters. The Balaban J connectivity index is 1.48. The molecule has 3 aromatic rings. The van der Waals surface area contributed by atoms with Crippen LogP contribution >= 0.6 is 0 Å². The number of nitrogens with one attached hydrogen (secondary N) is 2. The van der Waals surface area contributed by atoms with E-state index in [-0.39, 0.29) is 29.6 Å². The quantitative estimate of drug-likeness (QED) is 0.441. The Labute approximate surface area is 215 Å². The van der Waals surface area contributed by atoms with Crippen LogP contribution in [-0.4, -0.2) is 66.8 Å². The van der Waals surface area contributed by atoms with Crippen LogP contribution in [0.1, 0.15) is 68.4 Å². The molecule has 11 heteroatoms. The number of likely N-dealkylation sites (tertiary alicyclic amines) is 1. The van der Waals surface area contributed by atoms with Crippen LogP contribution in [0.15, 0.2) is 24.4 Å². The molecule has 2 aliphatic rings. The number of pyridine rings is 1. The molecule has 1 aliphatic heterocycles. The number of hydrogen-bond donors (Lipinski definition) is 3. The van der Waals surface area contributed by atoms with Gasteiger partial charge < -0.3 is 25.4 Å². The van der Waals surface area contributed by atoms with Crippen molar-refractivity contribution in [3.05, 3.63) is 35.7 Å². The third-order valence-electron chi connectivity index (χ3n) is 6.74. The van der Waals surface area contributed by atoms with Gasteiger partial charge in [0.1, 0.15) is 23.3 Å². The van der Waals surface area contributed by atoms with Crippen LogP contribution in [-0.2, 0) is 0 Å². The smallest absolute Gasteiger partial charge is 0.259 e. The second-order valence-corrected chi connectivity index (χ2v) is 9.88. The molecule has 1 unspecified atom stereocenters. The minimum atomic E-state index is -0.459. The van der Waals surface area contributed by atoms with Crippen LogP contribution in [0.2, 0.25) is 0 Å². The number of nitriles is 1. The first-order chi connectivity index (χ1) is 17.9. The Hall–Kier alpha value is -3.91. The van der Waals surface area contributed by atoms with Crippen LogP contribution in [0.25, 0.3) is 5.65 Å². The van der Waals surface area contributed by atoms with Gasteiger partial charge in [-0.1, -0.05) is 12.8 Å². The molecular weight excluding hydrogens is 472 g/mol. The molecule has 11 nitrogen and oxygen atoms in total. The Bertz CT molecular complexity index is 1330. The van der Waals surface area contributed by atoms with Crippen molar-refractivity contribution >= 4 is 28.9 Å². The first kappa shape index (κ1) is 24.8. The summed E-state index contributed by atoms with van der Waals surface area (Å²) in [6.45, 7) is 5.26. The summed E-state index contributed by atoms with van der Waals surface area (Å²) in [5.41, 5.74) is 1.75. The van der Waals surface area contributed by atoms with Gasteiger partial charge in [0.25, 0.3) is 5.91 Å². The summed E-state index contributed by atoms with van der Waals surface area (Å²) >= 11 is 0. The summed E-state index contributed by atoms with van der Waals surface area (Å²) in [6.07, 6.45) is 6.45. The van der Waals surface area contributed by atoms with Crippen LogP contribution < -0.4 is 15.4 Å². The van der Waals surface area contributed by atoms with Crippen molar-refractivity contribution in [1.82, 2.24) is 24.5 Å². The third-order valence-corrected chi connectivity index (χ3v) is 6.74. The molecule has 0 spiro atoms. The van der Waals surface area contributed by atoms with Crippen molar-refractivity contribution < 1.29 is 14.6 Å². The minimum absolute atomic E-state index is 0.0806. The van der Waals surface area contributed by atoms with Gasteiger partial charge in [0.05, 0.1) is 30.1 Å². The van der Waals surface area contributed by atoms with E-state index >= 15 is 0 Å². The minimum Gasteiger partial charge on any atom is -0.474 e. The number of ether oxygens (including phenoxy) is 1. The Morgan fingerprint density at radius 2 is 1.97 bits per heavy atom. The fourth-order valence-corrected chi connectivity index (χ4v) is 4.89. The standard InChI is InChI=1S/C26H32N8O3/c1-16(2)37-25-18(26(36)33-11-5-6-12-33)9-10-22(31-25)30-20-13-23(29-19-7-3-4-8-21(19)35)32-34-17(14-27)15-28-24(20)34/h9-10,13,15-16,19,21,35H,3-8,11-12H2,1-2H3,(H,29,32)(H,30,31)/t19?,21-/m1/s1. The molecule has 0 radical (unpaired) electrons. The van der Waals surface area contributed by atoms with E-state index in [4.69, 9.17) is 4.74 Å². The predicted octanol–water partition coefficient (Wildman–Crippen LogP) is 3.48. The van der Waals surface area contributed by atoms with E-state index in [1.807, 2.05) is 18.7 Å². The molecule has 1 amide bonds. The predicted molar refractivity (Wildman–Crippen MR) is 138 cm³/mol. The van der Waals surface area contributed by atoms with Crippen LogP contribution in [0, 0.1) is 11.3 Å². The molecule has 4 heterocycles. The first-order valence-corrected chi connectivity index (χ1v) is 12.9. The molecule has 37 heavy (non-hydrogen) atoms. The average molecular weight is 505 g/mol. The number of hydrogen-bond acceptors (Lipinski definition) is 9. The molecular formula is C26H32N8O3. The van der Waals surface area contributed by atoms with Crippen molar-refractivity contribution in [2.45, 2.75) is 70.6 Å². The van der Waals surface area contributed by atoms with Gasteiger partial charge in [0.15, 0.2) is 11.3 Å². The highest BCUT2D eigenvalue weighted by atomic mass is 16.5. The highest BCUT2D eigenvalue weighted by Gasteiger charge is 2.26. The second kappa shape index (κ2) is 10.6. The first-order valence-electron chi connectivity index (χ1n) is 12.9. The number of carbonyl (C=O) groups is 1. The summed E-state index contributed by atoms with van der Waals surface area (Å²) < 4.78 is 7.40. The molecule has 2 fully saturated rings. The van der Waals surface area contributed by atoms with Gasteiger partial charge in [-0.3, -0.25) is 4.79 Å². The summed E-state index contributed by atoms with van der Waals surface area (Å²) in [6, 6.07) is 7.25. The maximum atomic E-state index is 13.1. The van der Waals surface area contributed by atoms with Gasteiger partial charge >= 0.3 is 0 Å². The van der Waals surface area contributed by atoms with E-state index in [1.165, 1.54) is 10.7 Å². The number of nitrogens with zero attached hydrogens (tertiary/aromatic N) is 6. The van der Waals surface area contributed by atoms with E-state index < -0.39 is 6.10 Å². The van der Waals surface area contributed by atoms with Crippen LogP contribution in [0.5, 0.6) is 5.88 Å². The summed E-state index contributed by atoms with van der Waals surface area (Å²) in [5.74, 6) is 1.16. The van der Waals surface area contributed by atoms with Crippen LogP contribution in [0.4, 0.5) is 17.3 Å². The van der Waals surface area contributed by atoms with Crippen molar-refractivity contribution in [3.63, 3.8) is 0 Å². The number of fused-ring (bicyclic) bond motifs is 1. The number of aromatic nitrogens is 4. The van der Waals surface area contributed by atoms with Crippen molar-refractivity contribution in [2.24, 2.45) is 0 Å². The number of imidazole rings is 1. The lowest BCUT2D eigenvalue weighted by atomic mass is 9.92. The lowest BCUT2D eigenvalue weighted by Crippen LogP contribution is -2.36. The van der Waals surface area contributed by atoms with E-state index in [1.54, 1.807) is 18.2 Å². The number of rotatable bonds is 7. The number of amides is 1. The fourth-order valence-electron chi connectivity index (χ4n) is 4.89. The normalized spacial score (nSPS) is 19.7. The van der Waals surface area contributed by atoms with E-state index in [0.29, 0.717) is 28.5 Å². The van der Waals surface area contributed by atoms with Gasteiger partial charge in [0, 0.05) is 19.2 Å². The molecule has 194 valence electrons. The monoisotopic (exact) mass is 504 g/mol. The second-order valence-electron chi connectivity index (χ2n) is 9.88. The largest absolute Gasteiger partial charge is 0.474 e. The summed E-state index contributed by atoms with van der Waals surface area (Å²) in [4.78, 5) is 23.9. The number of anilines is 3. The molecule has 1 aliphatic carbocycles. The molecule has 5 rings (SSSR count). The van der Waals surface area contributed by atoms with Crippen molar-refractivity contribution in [3.8, 4) is 11.9 Å². The molecule has 0 bridgehead atoms. The maximum absolute atomic E-state index is 13.1. The maximum Gasteiger partial charge on any atom is 0.259 e. The fraction of sp³-hybridized carbons (Fsp3) is 0.500. The van der Waals surface area contributed by atoms with E-state index in [9.17, 15) is 15.2 Å². The Kier molecular flexibility index (Phi) is 7.10. The topological polar surface area (TPSA) is 141 Å². The lowest BCUT2D eigenvalue weighted by Gasteiger charge is -2.28. The zero-order chi connectivity index (χ0) is 25.9. The number of aliphatic hydroxyl groups excluding tert-OH is 1. The lowest BCUT2D eigenvalue weighted by molar-refractivity contribution is 0.0785. The number of aliphatic hydroxyl groups is 1. The van der Waals surface area contributed by atoms with E-state index in [0.717, 1.165) is 51.6 Å². The molecule has 3 N–H and O–H groups in total. The SMILES string of the molecule is CC(C)Oc1nc(Nc2cc(NC3CCCC[C@H]3O)nn3c(C#N)cnc23)ccc1C(=O)N1CCCC1. The third kappa shape index (κ3) is 5.29. The van der Waals surface area contributed by atoms with Gasteiger partial charge in [-0.2, -0.15) is 14.8 Å². The molecule has 3 aromatic heterocycles. The highest BCUT2D eigenvalue weighted by Crippen LogP contribution is 2.29. The van der Waals surface area contributed by atoms with Crippen molar-refractivity contribution in [1.29, 1.82) is 5.26 Å². The van der Waals surface area contributed by atoms with Gasteiger partial charge in [0.2, 0.25) is 5.88 Å². The Morgan fingerprint density at radius 3 is 2.70 bits per heavy atom. The summed E-state index contributed by atoms with van der Waals surface area (Å²) in [7, 11) is 0. The van der Waals surface area contributed by atoms with Crippen molar-refractivity contribution in [2.75, 3.05) is 23.7 Å². The van der Waals surface area contributed by atoms with E-state index in [2.05, 4.69) is 31.8 Å². The van der Waals surface area contributed by atoms with Crippen LogP contribution in [0.3, 0.4) is 0 Å². The van der Waals surface area contributed by atoms with Gasteiger partial charge in [-0.05, 0) is 51.7 Å². The van der Waals surface area contributed by atoms with Gasteiger partial charge in [-0.15, -0.1) is 5.10 Å². The zero-order valence-corrected chi connectivity index (χ0v) is 21.1. The van der Waals surface area contributed by atoms with Gasteiger partial charge in [-0.25, -0.2) is 4.98 Å². The number of carbonyl (C=O) groups excluding carboxylic acids is 1. The summed E-state index contributed by atoms with van der Waals surface area (Å²) in [5, 5.41) is 31.1. The average Bonchev–Trinajstić information content (AvgIpc) is 3.55. The molecule has 0 aromatic carbocycles. The Morgan fingerprint density at radius 1 is 1.19 bits per heavy atom. The zero-order valence-electron chi connectivity index (χ0n) is 21.1. The molecule has 1 saturated heterocycles. The molecule has 1 saturated carbocycles. The highest BCUT2D eigenvalue weighted by molar-refractivity contribution is 5.97.